The number of aromatic nitrogens is 2. The quantitative estimate of drug-likeness (QED) is 0.0935. The number of hydrogen-bond acceptors (Lipinski definition) is 9. The number of para-hydroxylation sites is 1. The van der Waals surface area contributed by atoms with E-state index in [1.807, 2.05) is 0 Å². The number of halogens is 2. The number of nitro benzene ring substituents is 1. The van der Waals surface area contributed by atoms with Crippen molar-refractivity contribution in [2.45, 2.75) is 13.0 Å². The maximum atomic E-state index is 13.6. The van der Waals surface area contributed by atoms with Crippen molar-refractivity contribution in [3.8, 4) is 17.3 Å². The molecule has 0 fully saturated rings. The number of fused-ring (bicyclic) bond motifs is 2. The highest BCUT2D eigenvalue weighted by Gasteiger charge is 2.26. The molecule has 0 aliphatic carbocycles. The molecule has 2 aromatic heterocycles. The Kier molecular flexibility index (Phi) is 7.37. The Morgan fingerprint density at radius 2 is 2.00 bits per heavy atom. The Morgan fingerprint density at radius 1 is 1.23 bits per heavy atom. The molecule has 0 radical (unpaired) electrons. The lowest BCUT2D eigenvalue weighted by molar-refractivity contribution is -0.386. The van der Waals surface area contributed by atoms with E-state index in [0.29, 0.717) is 31.4 Å². The Bertz CT molecular complexity index is 1900. The van der Waals surface area contributed by atoms with E-state index in [2.05, 4.69) is 30.8 Å². The van der Waals surface area contributed by atoms with Crippen LogP contribution in [0.4, 0.5) is 5.69 Å². The summed E-state index contributed by atoms with van der Waals surface area (Å²) in [5, 5.41) is 17.7. The van der Waals surface area contributed by atoms with Gasteiger partial charge in [-0.05, 0) is 49.4 Å². The fourth-order valence-corrected chi connectivity index (χ4v) is 4.63. The second-order valence-corrected chi connectivity index (χ2v) is 9.84. The first-order valence-electron chi connectivity index (χ1n) is 11.6. The summed E-state index contributed by atoms with van der Waals surface area (Å²) in [6, 6.07) is 16.2. The van der Waals surface area contributed by atoms with Crippen molar-refractivity contribution < 1.29 is 23.6 Å². The molecule has 0 bridgehead atoms. The van der Waals surface area contributed by atoms with E-state index in [-0.39, 0.29) is 22.9 Å². The number of rotatable bonds is 7. The molecule has 1 atom stereocenters. The van der Waals surface area contributed by atoms with Gasteiger partial charge in [0.15, 0.2) is 11.9 Å². The van der Waals surface area contributed by atoms with Gasteiger partial charge in [-0.2, -0.15) is 9.78 Å². The molecule has 5 rings (SSSR count). The van der Waals surface area contributed by atoms with Gasteiger partial charge < -0.3 is 13.9 Å². The van der Waals surface area contributed by atoms with Gasteiger partial charge in [0.1, 0.15) is 5.58 Å². The minimum Gasteiger partial charge on any atom is -0.471 e. The van der Waals surface area contributed by atoms with E-state index in [1.165, 1.54) is 32.4 Å². The molecule has 0 aliphatic heterocycles. The van der Waals surface area contributed by atoms with Crippen molar-refractivity contribution in [3.63, 3.8) is 0 Å². The minimum atomic E-state index is -1.17. The maximum absolute atomic E-state index is 13.6. The van der Waals surface area contributed by atoms with Gasteiger partial charge in [0.25, 0.3) is 5.56 Å². The first kappa shape index (κ1) is 27.0. The first-order valence-corrected chi connectivity index (χ1v) is 12.8. The highest BCUT2D eigenvalue weighted by atomic mass is 79.9. The van der Waals surface area contributed by atoms with Crippen molar-refractivity contribution in [1.82, 2.24) is 9.66 Å². The average Bonchev–Trinajstić information content (AvgIpc) is 3.35. The zero-order chi connectivity index (χ0) is 28.6. The smallest absolute Gasteiger partial charge is 0.346 e. The van der Waals surface area contributed by atoms with Crippen molar-refractivity contribution in [2.75, 3.05) is 7.11 Å². The predicted molar refractivity (Wildman–Crippen MR) is 152 cm³/mol. The maximum Gasteiger partial charge on any atom is 0.346 e. The molecule has 40 heavy (non-hydrogen) atoms. The van der Waals surface area contributed by atoms with Gasteiger partial charge in [-0.25, -0.2) is 9.78 Å². The van der Waals surface area contributed by atoms with Crippen LogP contribution in [0.25, 0.3) is 33.5 Å². The summed E-state index contributed by atoms with van der Waals surface area (Å²) in [4.78, 5) is 41.4. The van der Waals surface area contributed by atoms with Crippen LogP contribution in [0.1, 0.15) is 12.5 Å². The van der Waals surface area contributed by atoms with Crippen LogP contribution in [0.3, 0.4) is 0 Å². The first-order chi connectivity index (χ1) is 19.2. The lowest BCUT2D eigenvalue weighted by atomic mass is 10.2. The molecule has 202 valence electrons. The second kappa shape index (κ2) is 10.9. The van der Waals surface area contributed by atoms with Gasteiger partial charge in [-0.1, -0.05) is 39.7 Å². The SMILES string of the molecule is COC(=O)[C@H](C)Oc1c(C=Nn2c(-c3cc4cc(Cl)ccc4o3)nc3ccccc3c2=O)cc(Br)cc1[N+](=O)[O-]. The molecule has 0 spiro atoms. The molecular formula is C27H18BrClN4O7. The van der Waals surface area contributed by atoms with Crippen LogP contribution >= 0.6 is 27.5 Å². The van der Waals surface area contributed by atoms with E-state index >= 15 is 0 Å². The number of methoxy groups -OCH3 is 1. The van der Waals surface area contributed by atoms with Crippen LogP contribution < -0.4 is 10.3 Å². The highest BCUT2D eigenvalue weighted by molar-refractivity contribution is 9.10. The largest absolute Gasteiger partial charge is 0.471 e. The zero-order valence-corrected chi connectivity index (χ0v) is 23.2. The van der Waals surface area contributed by atoms with E-state index < -0.39 is 28.2 Å². The Balaban J connectivity index is 1.71. The molecule has 0 aliphatic rings. The molecule has 0 saturated carbocycles. The molecule has 3 aromatic carbocycles. The Hall–Kier alpha value is -4.55. The number of benzene rings is 3. The summed E-state index contributed by atoms with van der Waals surface area (Å²) < 4.78 is 17.7. The zero-order valence-electron chi connectivity index (χ0n) is 20.8. The molecule has 0 N–H and O–H groups in total. The summed E-state index contributed by atoms with van der Waals surface area (Å²) in [6.45, 7) is 1.39. The summed E-state index contributed by atoms with van der Waals surface area (Å²) >= 11 is 9.38. The van der Waals surface area contributed by atoms with Gasteiger partial charge in [0.05, 0.1) is 29.2 Å². The Morgan fingerprint density at radius 3 is 2.75 bits per heavy atom. The molecule has 5 aromatic rings. The van der Waals surface area contributed by atoms with Gasteiger partial charge in [-0.15, -0.1) is 0 Å². The molecule has 0 saturated heterocycles. The average molecular weight is 626 g/mol. The van der Waals surface area contributed by atoms with Gasteiger partial charge in [-0.3, -0.25) is 14.9 Å². The molecule has 13 heteroatoms. The topological polar surface area (TPSA) is 139 Å². The normalized spacial score (nSPS) is 12.2. The van der Waals surface area contributed by atoms with Crippen molar-refractivity contribution in [3.05, 3.63) is 96.2 Å². The fourth-order valence-electron chi connectivity index (χ4n) is 3.99. The van der Waals surface area contributed by atoms with Crippen molar-refractivity contribution >= 4 is 67.3 Å². The lowest BCUT2D eigenvalue weighted by Gasteiger charge is -2.15. The van der Waals surface area contributed by atoms with Crippen molar-refractivity contribution in [1.29, 1.82) is 0 Å². The number of hydrogen-bond donors (Lipinski definition) is 0. The van der Waals surface area contributed by atoms with Crippen LogP contribution in [-0.4, -0.2) is 40.0 Å². The standard InChI is InChI=1S/C27H18BrClN4O7/c1-14(27(35)38-2)39-24-16(9-17(28)12-21(24)33(36)37)13-30-32-25(31-20-6-4-3-5-19(20)26(32)34)23-11-15-10-18(29)7-8-22(15)40-23/h3-14H,1-2H3/t14-/m0/s1. The van der Waals surface area contributed by atoms with Gasteiger partial charge in [0, 0.05) is 26.5 Å². The third kappa shape index (κ3) is 5.18. The van der Waals surface area contributed by atoms with Crippen LogP contribution in [-0.2, 0) is 9.53 Å². The molecular weight excluding hydrogens is 608 g/mol. The number of ether oxygens (including phenoxy) is 2. The Labute approximate surface area is 238 Å². The van der Waals surface area contributed by atoms with Gasteiger partial charge in [0.2, 0.25) is 11.6 Å². The van der Waals surface area contributed by atoms with Crippen LogP contribution in [0.2, 0.25) is 5.02 Å². The summed E-state index contributed by atoms with van der Waals surface area (Å²) in [7, 11) is 1.17. The van der Waals surface area contributed by atoms with E-state index in [0.717, 1.165) is 4.68 Å². The molecule has 0 unspecified atom stereocenters. The van der Waals surface area contributed by atoms with Gasteiger partial charge >= 0.3 is 11.7 Å². The number of carbonyl (C=O) groups excluding carboxylic acids is 1. The second-order valence-electron chi connectivity index (χ2n) is 8.49. The number of carbonyl (C=O) groups is 1. The van der Waals surface area contributed by atoms with Crippen LogP contribution in [0, 0.1) is 10.1 Å². The van der Waals surface area contributed by atoms with E-state index in [9.17, 15) is 19.7 Å². The number of nitrogens with zero attached hydrogens (tertiary/aromatic N) is 4. The summed E-state index contributed by atoms with van der Waals surface area (Å²) in [5.41, 5.74) is 0.114. The lowest BCUT2D eigenvalue weighted by Crippen LogP contribution is -2.26. The van der Waals surface area contributed by atoms with Crippen LogP contribution in [0.5, 0.6) is 5.75 Å². The van der Waals surface area contributed by atoms with Crippen LogP contribution in [0.15, 0.2) is 79.4 Å². The van der Waals surface area contributed by atoms with Crippen molar-refractivity contribution in [2.24, 2.45) is 5.10 Å². The summed E-state index contributed by atoms with van der Waals surface area (Å²) in [5.74, 6) is -0.644. The number of furan rings is 1. The minimum absolute atomic E-state index is 0.0853. The molecule has 0 amide bonds. The fraction of sp³-hybridized carbons (Fsp3) is 0.111. The number of esters is 1. The third-order valence-electron chi connectivity index (χ3n) is 5.85. The highest BCUT2D eigenvalue weighted by Crippen LogP contribution is 2.35. The number of nitro groups is 1. The predicted octanol–water partition coefficient (Wildman–Crippen LogP) is 5.96. The molecule has 2 heterocycles. The summed E-state index contributed by atoms with van der Waals surface area (Å²) in [6.07, 6.45) is 0.0397. The molecule has 11 nitrogen and oxygen atoms in total. The third-order valence-corrected chi connectivity index (χ3v) is 6.55. The van der Waals surface area contributed by atoms with E-state index in [4.69, 9.17) is 20.8 Å². The van der Waals surface area contributed by atoms with E-state index in [1.54, 1.807) is 48.5 Å². The monoisotopic (exact) mass is 624 g/mol.